The molecule has 0 unspecified atom stereocenters. The van der Waals surface area contributed by atoms with Crippen molar-refractivity contribution in [2.75, 3.05) is 6.61 Å². The number of ether oxygens (including phenoxy) is 1. The van der Waals surface area contributed by atoms with Gasteiger partial charge in [-0.05, 0) is 18.1 Å². The molecule has 0 amide bonds. The highest BCUT2D eigenvalue weighted by atomic mass is 28.4. The zero-order valence-electron chi connectivity index (χ0n) is 12.3. The molecular formula is C13H26O4Si. The normalized spacial score (nSPS) is 30.2. The van der Waals surface area contributed by atoms with Gasteiger partial charge in [-0.15, -0.1) is 0 Å². The number of hydrogen-bond acceptors (Lipinski definition) is 4. The summed E-state index contributed by atoms with van der Waals surface area (Å²) in [6.07, 6.45) is -0.841. The monoisotopic (exact) mass is 274 g/mol. The van der Waals surface area contributed by atoms with E-state index in [9.17, 15) is 9.90 Å². The third-order valence-corrected chi connectivity index (χ3v) is 8.77. The molecule has 18 heavy (non-hydrogen) atoms. The Morgan fingerprint density at radius 2 is 2.00 bits per heavy atom. The van der Waals surface area contributed by atoms with Gasteiger partial charge in [-0.2, -0.15) is 0 Å². The van der Waals surface area contributed by atoms with Crippen molar-refractivity contribution < 1.29 is 19.1 Å². The van der Waals surface area contributed by atoms with Gasteiger partial charge in [0.05, 0.1) is 19.1 Å². The lowest BCUT2D eigenvalue weighted by Crippen LogP contribution is -2.48. The minimum Gasteiger partial charge on any atom is -0.459 e. The molecule has 1 heterocycles. The van der Waals surface area contributed by atoms with Crippen molar-refractivity contribution >= 4 is 14.3 Å². The summed E-state index contributed by atoms with van der Waals surface area (Å²) in [5, 5.41) is 9.90. The zero-order valence-corrected chi connectivity index (χ0v) is 13.3. The van der Waals surface area contributed by atoms with Crippen molar-refractivity contribution in [1.29, 1.82) is 0 Å². The molecule has 0 spiro atoms. The fourth-order valence-corrected chi connectivity index (χ4v) is 2.64. The van der Waals surface area contributed by atoms with Crippen molar-refractivity contribution in [3.05, 3.63) is 0 Å². The molecule has 0 saturated carbocycles. The van der Waals surface area contributed by atoms with E-state index in [0.29, 0.717) is 6.61 Å². The SMILES string of the molecule is C[C@@H]1[C@H](O)CC(=O)O[C@H]1CO[Si](C)(C)C(C)(C)C. The molecule has 0 aromatic heterocycles. The number of esters is 1. The minimum atomic E-state index is -1.84. The Balaban J connectivity index is 2.60. The van der Waals surface area contributed by atoms with E-state index in [1.165, 1.54) is 0 Å². The Kier molecular flexibility index (Phi) is 4.62. The summed E-state index contributed by atoms with van der Waals surface area (Å²) < 4.78 is 11.3. The largest absolute Gasteiger partial charge is 0.459 e. The second-order valence-electron chi connectivity index (χ2n) is 6.73. The molecule has 0 aromatic carbocycles. The van der Waals surface area contributed by atoms with Crippen LogP contribution in [0.2, 0.25) is 18.1 Å². The molecule has 1 rings (SSSR count). The van der Waals surface area contributed by atoms with E-state index in [1.54, 1.807) is 0 Å². The summed E-state index contributed by atoms with van der Waals surface area (Å²) in [6.45, 7) is 13.1. The molecule has 106 valence electrons. The van der Waals surface area contributed by atoms with Gasteiger partial charge in [0.2, 0.25) is 0 Å². The summed E-state index contributed by atoms with van der Waals surface area (Å²) in [4.78, 5) is 11.3. The van der Waals surface area contributed by atoms with E-state index in [2.05, 4.69) is 33.9 Å². The maximum atomic E-state index is 11.3. The Morgan fingerprint density at radius 1 is 1.44 bits per heavy atom. The quantitative estimate of drug-likeness (QED) is 0.634. The van der Waals surface area contributed by atoms with E-state index < -0.39 is 14.4 Å². The van der Waals surface area contributed by atoms with E-state index in [0.717, 1.165) is 0 Å². The highest BCUT2D eigenvalue weighted by Crippen LogP contribution is 2.37. The predicted molar refractivity (Wildman–Crippen MR) is 72.8 cm³/mol. The number of carbonyl (C=O) groups excluding carboxylic acids is 1. The fraction of sp³-hybridized carbons (Fsp3) is 0.923. The number of aliphatic hydroxyl groups is 1. The van der Waals surface area contributed by atoms with E-state index >= 15 is 0 Å². The van der Waals surface area contributed by atoms with Crippen LogP contribution in [0.15, 0.2) is 0 Å². The topological polar surface area (TPSA) is 55.8 Å². The summed E-state index contributed by atoms with van der Waals surface area (Å²) in [5.41, 5.74) is 0. The van der Waals surface area contributed by atoms with E-state index in [1.807, 2.05) is 6.92 Å². The zero-order chi connectivity index (χ0) is 14.1. The van der Waals surface area contributed by atoms with Crippen molar-refractivity contribution in [3.8, 4) is 0 Å². The molecule has 3 atom stereocenters. The lowest BCUT2D eigenvalue weighted by atomic mass is 9.93. The highest BCUT2D eigenvalue weighted by Gasteiger charge is 2.40. The van der Waals surface area contributed by atoms with Crippen LogP contribution in [0.5, 0.6) is 0 Å². The van der Waals surface area contributed by atoms with Crippen LogP contribution in [0.1, 0.15) is 34.1 Å². The molecule has 0 radical (unpaired) electrons. The number of hydrogen-bond donors (Lipinski definition) is 1. The van der Waals surface area contributed by atoms with Gasteiger partial charge < -0.3 is 14.3 Å². The minimum absolute atomic E-state index is 0.0625. The molecule has 1 aliphatic heterocycles. The summed E-state index contributed by atoms with van der Waals surface area (Å²) >= 11 is 0. The highest BCUT2D eigenvalue weighted by molar-refractivity contribution is 6.74. The second kappa shape index (κ2) is 5.31. The maximum absolute atomic E-state index is 11.3. The predicted octanol–water partition coefficient (Wildman–Crippen LogP) is 2.32. The lowest BCUT2D eigenvalue weighted by Gasteiger charge is -2.39. The molecule has 1 fully saturated rings. The Bertz CT molecular complexity index is 309. The van der Waals surface area contributed by atoms with Crippen LogP contribution in [0, 0.1) is 5.92 Å². The summed E-state index contributed by atoms with van der Waals surface area (Å²) in [7, 11) is -1.84. The van der Waals surface area contributed by atoms with Crippen LogP contribution in [-0.4, -0.2) is 38.2 Å². The maximum Gasteiger partial charge on any atom is 0.308 e. The first-order valence-electron chi connectivity index (χ1n) is 6.56. The Morgan fingerprint density at radius 3 is 2.50 bits per heavy atom. The van der Waals surface area contributed by atoms with Gasteiger partial charge in [0.25, 0.3) is 0 Å². The molecule has 1 N–H and O–H groups in total. The molecule has 5 heteroatoms. The molecule has 0 aromatic rings. The first-order chi connectivity index (χ1) is 8.04. The second-order valence-corrected chi connectivity index (χ2v) is 11.5. The van der Waals surface area contributed by atoms with Crippen molar-refractivity contribution in [2.45, 2.75) is 64.5 Å². The molecular weight excluding hydrogens is 248 g/mol. The van der Waals surface area contributed by atoms with Crippen LogP contribution in [0.4, 0.5) is 0 Å². The van der Waals surface area contributed by atoms with Gasteiger partial charge in [0.1, 0.15) is 6.10 Å². The lowest BCUT2D eigenvalue weighted by molar-refractivity contribution is -0.170. The van der Waals surface area contributed by atoms with Gasteiger partial charge in [-0.1, -0.05) is 27.7 Å². The average Bonchev–Trinajstić information content (AvgIpc) is 2.19. The Labute approximate surface area is 111 Å². The third kappa shape index (κ3) is 3.55. The van der Waals surface area contributed by atoms with Crippen LogP contribution in [-0.2, 0) is 14.0 Å². The molecule has 4 nitrogen and oxygen atoms in total. The van der Waals surface area contributed by atoms with E-state index in [-0.39, 0.29) is 29.5 Å². The Hall–Kier alpha value is -0.393. The fourth-order valence-electron chi connectivity index (χ4n) is 1.62. The number of aliphatic hydroxyl groups excluding tert-OH is 1. The molecule has 1 aliphatic rings. The van der Waals surface area contributed by atoms with Gasteiger partial charge in [0.15, 0.2) is 8.32 Å². The molecule has 0 aliphatic carbocycles. The van der Waals surface area contributed by atoms with Gasteiger partial charge in [0, 0.05) is 5.92 Å². The average molecular weight is 274 g/mol. The molecule has 1 saturated heterocycles. The van der Waals surface area contributed by atoms with Crippen molar-refractivity contribution in [3.63, 3.8) is 0 Å². The van der Waals surface area contributed by atoms with Crippen LogP contribution in [0.3, 0.4) is 0 Å². The smallest absolute Gasteiger partial charge is 0.308 e. The van der Waals surface area contributed by atoms with Gasteiger partial charge in [-0.25, -0.2) is 0 Å². The first-order valence-corrected chi connectivity index (χ1v) is 9.47. The standard InChI is InChI=1S/C13H26O4Si/c1-9-10(14)7-12(15)17-11(9)8-16-18(5,6)13(2,3)4/h9-11,14H,7-8H2,1-6H3/t9-,10-,11+/m1/s1. The molecule has 0 bridgehead atoms. The van der Waals surface area contributed by atoms with E-state index in [4.69, 9.17) is 9.16 Å². The number of cyclic esters (lactones) is 1. The van der Waals surface area contributed by atoms with Gasteiger partial charge >= 0.3 is 5.97 Å². The van der Waals surface area contributed by atoms with Crippen LogP contribution in [0.25, 0.3) is 0 Å². The van der Waals surface area contributed by atoms with Crippen LogP contribution < -0.4 is 0 Å². The van der Waals surface area contributed by atoms with Crippen molar-refractivity contribution in [1.82, 2.24) is 0 Å². The van der Waals surface area contributed by atoms with Crippen molar-refractivity contribution in [2.24, 2.45) is 5.92 Å². The third-order valence-electron chi connectivity index (χ3n) is 4.27. The van der Waals surface area contributed by atoms with Crippen LogP contribution >= 0.6 is 0 Å². The van der Waals surface area contributed by atoms with Gasteiger partial charge in [-0.3, -0.25) is 4.79 Å². The summed E-state index contributed by atoms with van der Waals surface area (Å²) in [5.74, 6) is -0.392. The number of rotatable bonds is 3. The summed E-state index contributed by atoms with van der Waals surface area (Å²) in [6, 6.07) is 0. The number of carbonyl (C=O) groups is 1. The first kappa shape index (κ1) is 15.7.